The molecule has 2 bridgehead atoms. The number of piperidine rings is 3. The van der Waals surface area contributed by atoms with Gasteiger partial charge in [0, 0.05) is 67.8 Å². The molecule has 1 amide bonds. The van der Waals surface area contributed by atoms with Gasteiger partial charge in [-0.05, 0) is 46.1 Å². The summed E-state index contributed by atoms with van der Waals surface area (Å²) in [6.45, 7) is 12.9. The largest absolute Gasteiger partial charge is 0.350 e. The Morgan fingerprint density at radius 3 is 2.26 bits per heavy atom. The van der Waals surface area contributed by atoms with Gasteiger partial charge in [0.1, 0.15) is 0 Å². The first kappa shape index (κ1) is 22.5. The maximum atomic E-state index is 13.0. The molecule has 3 aliphatic rings. The molecule has 6 nitrogen and oxygen atoms in total. The minimum Gasteiger partial charge on any atom is -0.350 e. The Kier molecular flexibility index (Phi) is 6.28. The van der Waals surface area contributed by atoms with Crippen molar-refractivity contribution in [3.8, 4) is 0 Å². The molecule has 1 aromatic carbocycles. The molecule has 31 heavy (non-hydrogen) atoms. The van der Waals surface area contributed by atoms with E-state index in [9.17, 15) is 10.0 Å². The SMILES string of the molecule is CC1(C)CC(NC(=O)C=C2C3CNCC2CN(Cc2ccccc2)C3)CC(C)(C)N1O. The molecule has 0 saturated carbocycles. The summed E-state index contributed by atoms with van der Waals surface area (Å²) in [5.74, 6) is 0.787. The lowest BCUT2D eigenvalue weighted by Gasteiger charge is -2.51. The molecule has 3 fully saturated rings. The van der Waals surface area contributed by atoms with Crippen molar-refractivity contribution in [1.82, 2.24) is 20.6 Å². The molecular weight excluding hydrogens is 388 g/mol. The van der Waals surface area contributed by atoms with Crippen LogP contribution in [0.3, 0.4) is 0 Å². The fraction of sp³-hybridized carbons (Fsp3) is 0.640. The number of hydrogen-bond acceptors (Lipinski definition) is 5. The molecule has 3 heterocycles. The Bertz CT molecular complexity index is 786. The van der Waals surface area contributed by atoms with Crippen molar-refractivity contribution >= 4 is 5.91 Å². The molecule has 0 radical (unpaired) electrons. The van der Waals surface area contributed by atoms with Crippen LogP contribution in [0.15, 0.2) is 42.0 Å². The van der Waals surface area contributed by atoms with E-state index in [0.717, 1.165) is 45.6 Å². The maximum absolute atomic E-state index is 13.0. The van der Waals surface area contributed by atoms with Crippen molar-refractivity contribution in [3.05, 3.63) is 47.5 Å². The first-order valence-electron chi connectivity index (χ1n) is 11.6. The molecule has 0 aromatic heterocycles. The summed E-state index contributed by atoms with van der Waals surface area (Å²) in [4.78, 5) is 15.5. The second kappa shape index (κ2) is 8.66. The van der Waals surface area contributed by atoms with Crippen molar-refractivity contribution < 1.29 is 10.0 Å². The van der Waals surface area contributed by atoms with Crippen LogP contribution < -0.4 is 10.6 Å². The minimum absolute atomic E-state index is 0.0198. The number of fused-ring (bicyclic) bond motifs is 2. The molecule has 3 N–H and O–H groups in total. The van der Waals surface area contributed by atoms with Crippen molar-refractivity contribution in [2.24, 2.45) is 11.8 Å². The van der Waals surface area contributed by atoms with Gasteiger partial charge in [0.05, 0.1) is 0 Å². The van der Waals surface area contributed by atoms with E-state index in [1.54, 1.807) is 0 Å². The van der Waals surface area contributed by atoms with Crippen LogP contribution in [-0.2, 0) is 11.3 Å². The van der Waals surface area contributed by atoms with Crippen LogP contribution in [0.25, 0.3) is 0 Å². The Hall–Kier alpha value is -1.73. The number of nitrogens with zero attached hydrogens (tertiary/aromatic N) is 2. The molecule has 1 aromatic rings. The zero-order valence-corrected chi connectivity index (χ0v) is 19.4. The zero-order valence-electron chi connectivity index (χ0n) is 19.4. The van der Waals surface area contributed by atoms with Crippen LogP contribution in [0.1, 0.15) is 46.1 Å². The van der Waals surface area contributed by atoms with Crippen LogP contribution in [0, 0.1) is 11.8 Å². The summed E-state index contributed by atoms with van der Waals surface area (Å²) >= 11 is 0. The van der Waals surface area contributed by atoms with Crippen molar-refractivity contribution in [2.75, 3.05) is 26.2 Å². The zero-order chi connectivity index (χ0) is 22.2. The first-order chi connectivity index (χ1) is 14.6. The third kappa shape index (κ3) is 5.03. The third-order valence-corrected chi connectivity index (χ3v) is 7.21. The van der Waals surface area contributed by atoms with Gasteiger partial charge in [-0.3, -0.25) is 9.69 Å². The quantitative estimate of drug-likeness (QED) is 0.646. The number of amides is 1. The van der Waals surface area contributed by atoms with Crippen LogP contribution in [-0.4, -0.2) is 64.4 Å². The van der Waals surface area contributed by atoms with E-state index in [1.807, 2.05) is 33.8 Å². The van der Waals surface area contributed by atoms with Gasteiger partial charge in [0.25, 0.3) is 0 Å². The molecule has 3 saturated heterocycles. The van der Waals surface area contributed by atoms with Crippen molar-refractivity contribution in [3.63, 3.8) is 0 Å². The van der Waals surface area contributed by atoms with Gasteiger partial charge < -0.3 is 15.8 Å². The molecular formula is C25H38N4O2. The van der Waals surface area contributed by atoms with Crippen molar-refractivity contribution in [1.29, 1.82) is 0 Å². The lowest BCUT2D eigenvalue weighted by molar-refractivity contribution is -0.245. The lowest BCUT2D eigenvalue weighted by Crippen LogP contribution is -2.62. The number of nitrogens with one attached hydrogen (secondary N) is 2. The second-order valence-electron chi connectivity index (χ2n) is 10.9. The molecule has 6 heteroatoms. The number of carbonyl (C=O) groups excluding carboxylic acids is 1. The average molecular weight is 427 g/mol. The highest BCUT2D eigenvalue weighted by Gasteiger charge is 2.45. The van der Waals surface area contributed by atoms with E-state index in [0.29, 0.717) is 11.8 Å². The molecule has 170 valence electrons. The summed E-state index contributed by atoms with van der Waals surface area (Å²) < 4.78 is 0. The predicted octanol–water partition coefficient (Wildman–Crippen LogP) is 2.79. The summed E-state index contributed by atoms with van der Waals surface area (Å²) in [5.41, 5.74) is 1.92. The highest BCUT2D eigenvalue weighted by atomic mass is 16.5. The Balaban J connectivity index is 1.41. The number of hydrogen-bond donors (Lipinski definition) is 3. The number of benzene rings is 1. The van der Waals surface area contributed by atoms with E-state index in [-0.39, 0.29) is 23.0 Å². The second-order valence-corrected chi connectivity index (χ2v) is 10.9. The maximum Gasteiger partial charge on any atom is 0.244 e. The van der Waals surface area contributed by atoms with Crippen LogP contribution in [0.2, 0.25) is 0 Å². The van der Waals surface area contributed by atoms with E-state index >= 15 is 0 Å². The van der Waals surface area contributed by atoms with E-state index in [4.69, 9.17) is 0 Å². The molecule has 4 rings (SSSR count). The first-order valence-corrected chi connectivity index (χ1v) is 11.6. The van der Waals surface area contributed by atoms with Gasteiger partial charge in [0.2, 0.25) is 5.91 Å². The average Bonchev–Trinajstić information content (AvgIpc) is 2.67. The number of rotatable bonds is 4. The van der Waals surface area contributed by atoms with Gasteiger partial charge >= 0.3 is 0 Å². The minimum atomic E-state index is -0.365. The summed E-state index contributed by atoms with van der Waals surface area (Å²) in [5, 5.41) is 18.8. The summed E-state index contributed by atoms with van der Waals surface area (Å²) in [6.07, 6.45) is 3.36. The van der Waals surface area contributed by atoms with Gasteiger partial charge in [-0.15, -0.1) is 0 Å². The predicted molar refractivity (Wildman–Crippen MR) is 123 cm³/mol. The molecule has 3 aliphatic heterocycles. The van der Waals surface area contributed by atoms with E-state index in [1.165, 1.54) is 16.2 Å². The fourth-order valence-corrected chi connectivity index (χ4v) is 6.01. The van der Waals surface area contributed by atoms with Crippen LogP contribution in [0.4, 0.5) is 0 Å². The third-order valence-electron chi connectivity index (χ3n) is 7.21. The van der Waals surface area contributed by atoms with Crippen molar-refractivity contribution in [2.45, 2.75) is 64.2 Å². The summed E-state index contributed by atoms with van der Waals surface area (Å²) in [7, 11) is 0. The Morgan fingerprint density at radius 2 is 1.68 bits per heavy atom. The topological polar surface area (TPSA) is 67.8 Å². The van der Waals surface area contributed by atoms with Crippen LogP contribution in [0.5, 0.6) is 0 Å². The number of likely N-dealkylation sites (tertiary alicyclic amines) is 1. The fourth-order valence-electron chi connectivity index (χ4n) is 6.01. The van der Waals surface area contributed by atoms with Gasteiger partial charge in [-0.2, -0.15) is 5.06 Å². The molecule has 0 aliphatic carbocycles. The molecule has 2 atom stereocenters. The smallest absolute Gasteiger partial charge is 0.244 e. The van der Waals surface area contributed by atoms with Gasteiger partial charge in [-0.1, -0.05) is 35.9 Å². The van der Waals surface area contributed by atoms with Gasteiger partial charge in [0.15, 0.2) is 0 Å². The lowest BCUT2D eigenvalue weighted by atomic mass is 9.78. The highest BCUT2D eigenvalue weighted by molar-refractivity contribution is 5.88. The number of hydroxylamine groups is 2. The number of carbonyl (C=O) groups is 1. The molecule has 0 spiro atoms. The van der Waals surface area contributed by atoms with Gasteiger partial charge in [-0.25, -0.2) is 0 Å². The van der Waals surface area contributed by atoms with Crippen LogP contribution >= 0.6 is 0 Å². The summed E-state index contributed by atoms with van der Waals surface area (Å²) in [6, 6.07) is 10.7. The monoisotopic (exact) mass is 426 g/mol. The Morgan fingerprint density at radius 1 is 1.10 bits per heavy atom. The standard InChI is InChI=1S/C25H38N4O2/c1-24(2)11-21(12-25(3,4)29(24)31)27-23(30)10-22-19-13-26-14-20(22)17-28(16-19)15-18-8-6-5-7-9-18/h5-10,19-21,26,31H,11-17H2,1-4H3,(H,27,30). The highest BCUT2D eigenvalue weighted by Crippen LogP contribution is 2.37. The van der Waals surface area contributed by atoms with E-state index < -0.39 is 0 Å². The normalized spacial score (nSPS) is 28.9. The Labute approximate surface area is 186 Å². The molecule has 2 unspecified atom stereocenters. The van der Waals surface area contributed by atoms with E-state index in [2.05, 4.69) is 45.9 Å².